The molecule has 0 aliphatic heterocycles. The van der Waals surface area contributed by atoms with Gasteiger partial charge in [-0.05, 0) is 18.2 Å². The van der Waals surface area contributed by atoms with Crippen LogP contribution in [0.2, 0.25) is 0 Å². The van der Waals surface area contributed by atoms with Crippen molar-refractivity contribution < 1.29 is 14.5 Å². The number of nitrogens with zero attached hydrogens (tertiary/aromatic N) is 1. The summed E-state index contributed by atoms with van der Waals surface area (Å²) in [6, 6.07) is -0.738. The molecule has 0 aromatic carbocycles. The average Bonchev–Trinajstić information content (AvgIpc) is 2.04. The first-order valence-corrected chi connectivity index (χ1v) is 3.86. The zero-order chi connectivity index (χ0) is 9.84. The van der Waals surface area contributed by atoms with E-state index < -0.39 is 16.4 Å². The zero-order valence-electron chi connectivity index (χ0n) is 6.47. The molecule has 6 heteroatoms. The minimum atomic E-state index is -0.949. The van der Waals surface area contributed by atoms with Gasteiger partial charge in [-0.2, -0.15) is 0 Å². The van der Waals surface area contributed by atoms with Gasteiger partial charge in [0.25, 0.3) is 0 Å². The highest BCUT2D eigenvalue weighted by Gasteiger charge is 2.19. The summed E-state index contributed by atoms with van der Waals surface area (Å²) in [5.41, 5.74) is -0.949. The van der Waals surface area contributed by atoms with Crippen molar-refractivity contribution in [1.29, 1.82) is 0 Å². The molecule has 0 radical (unpaired) electrons. The van der Waals surface area contributed by atoms with Crippen molar-refractivity contribution >= 4 is 17.0 Å². The first kappa shape index (κ1) is 9.73. The van der Waals surface area contributed by atoms with E-state index >= 15 is 0 Å². The third kappa shape index (κ3) is 2.87. The number of halogens is 1. The molecule has 0 bridgehead atoms. The Morgan fingerprint density at radius 2 is 2.46 bits per heavy atom. The van der Waals surface area contributed by atoms with Crippen LogP contribution in [0.3, 0.4) is 0 Å². The summed E-state index contributed by atoms with van der Waals surface area (Å²) in [6.07, 6.45) is 4.38. The fraction of sp³-hybridized carbons (Fsp3) is 0.286. The summed E-state index contributed by atoms with van der Waals surface area (Å²) >= 11 is 4.94. The van der Waals surface area contributed by atoms with Gasteiger partial charge in [0.15, 0.2) is 0 Å². The molecule has 0 aromatic heterocycles. The summed E-state index contributed by atoms with van der Waals surface area (Å²) in [5.74, 6) is 0.248. The SMILES string of the molecule is O=C(Cl)OC1=CCC([N+](=O)[O-])C=C1. The van der Waals surface area contributed by atoms with Gasteiger partial charge in [0, 0.05) is 22.9 Å². The van der Waals surface area contributed by atoms with Crippen molar-refractivity contribution in [2.24, 2.45) is 0 Å². The van der Waals surface area contributed by atoms with Crippen LogP contribution in [0, 0.1) is 10.1 Å². The normalized spacial score (nSPS) is 20.7. The average molecular weight is 204 g/mol. The van der Waals surface area contributed by atoms with Crippen LogP contribution in [0.4, 0.5) is 4.79 Å². The minimum Gasteiger partial charge on any atom is -0.415 e. The lowest BCUT2D eigenvalue weighted by molar-refractivity contribution is -0.508. The van der Waals surface area contributed by atoms with Crippen molar-refractivity contribution in [2.45, 2.75) is 12.5 Å². The lowest BCUT2D eigenvalue weighted by Gasteiger charge is -2.08. The molecule has 1 aliphatic rings. The first-order valence-electron chi connectivity index (χ1n) is 3.49. The molecule has 70 valence electrons. The van der Waals surface area contributed by atoms with Crippen LogP contribution in [-0.2, 0) is 4.74 Å². The fourth-order valence-corrected chi connectivity index (χ4v) is 1.00. The molecule has 5 nitrogen and oxygen atoms in total. The minimum absolute atomic E-state index is 0.211. The van der Waals surface area contributed by atoms with Gasteiger partial charge >= 0.3 is 5.43 Å². The summed E-state index contributed by atoms with van der Waals surface area (Å²) < 4.78 is 4.50. The molecule has 1 aliphatic carbocycles. The van der Waals surface area contributed by atoms with E-state index in [0.717, 1.165) is 0 Å². The second-order valence-electron chi connectivity index (χ2n) is 2.39. The standard InChI is InChI=1S/C7H6ClNO4/c8-7(10)13-6-3-1-5(2-4-6)9(11)12/h1,3-5H,2H2. The molecule has 0 N–H and O–H groups in total. The van der Waals surface area contributed by atoms with E-state index in [0.29, 0.717) is 0 Å². The largest absolute Gasteiger partial charge is 0.415 e. The number of nitro groups is 1. The monoisotopic (exact) mass is 203 g/mol. The van der Waals surface area contributed by atoms with Crippen LogP contribution in [-0.4, -0.2) is 16.4 Å². The molecule has 0 amide bonds. The van der Waals surface area contributed by atoms with Crippen LogP contribution in [0.25, 0.3) is 0 Å². The molecule has 0 heterocycles. The fourth-order valence-electron chi connectivity index (χ4n) is 0.914. The summed E-state index contributed by atoms with van der Waals surface area (Å²) in [4.78, 5) is 20.1. The lowest BCUT2D eigenvalue weighted by atomic mass is 10.1. The summed E-state index contributed by atoms with van der Waals surface area (Å²) in [7, 11) is 0. The van der Waals surface area contributed by atoms with E-state index in [1.54, 1.807) is 0 Å². The molecule has 1 atom stereocenters. The molecule has 13 heavy (non-hydrogen) atoms. The van der Waals surface area contributed by atoms with E-state index in [2.05, 4.69) is 4.74 Å². The van der Waals surface area contributed by atoms with E-state index in [-0.39, 0.29) is 12.2 Å². The summed E-state index contributed by atoms with van der Waals surface area (Å²) in [6.45, 7) is 0. The van der Waals surface area contributed by atoms with Gasteiger partial charge in [-0.1, -0.05) is 0 Å². The number of hydrogen-bond acceptors (Lipinski definition) is 4. The molecule has 0 aromatic rings. The maximum atomic E-state index is 10.3. The molecule has 0 saturated heterocycles. The van der Waals surface area contributed by atoms with E-state index in [9.17, 15) is 14.9 Å². The highest BCUT2D eigenvalue weighted by atomic mass is 35.5. The van der Waals surface area contributed by atoms with Crippen molar-refractivity contribution in [1.82, 2.24) is 0 Å². The quantitative estimate of drug-likeness (QED) is 0.390. The van der Waals surface area contributed by atoms with E-state index in [1.165, 1.54) is 18.2 Å². The van der Waals surface area contributed by atoms with Gasteiger partial charge in [-0.3, -0.25) is 10.1 Å². The Labute approximate surface area is 78.8 Å². The Balaban J connectivity index is 2.55. The Kier molecular flexibility index (Phi) is 3.02. The first-order chi connectivity index (χ1) is 6.09. The van der Waals surface area contributed by atoms with Crippen LogP contribution in [0.15, 0.2) is 24.0 Å². The lowest BCUT2D eigenvalue weighted by Crippen LogP contribution is -2.18. The van der Waals surface area contributed by atoms with Gasteiger partial charge in [0.1, 0.15) is 5.76 Å². The number of rotatable bonds is 2. The predicted octanol–water partition coefficient (Wildman–Crippen LogP) is 1.85. The Morgan fingerprint density at radius 1 is 1.77 bits per heavy atom. The highest BCUT2D eigenvalue weighted by molar-refractivity contribution is 6.61. The predicted molar refractivity (Wildman–Crippen MR) is 45.0 cm³/mol. The van der Waals surface area contributed by atoms with Gasteiger partial charge < -0.3 is 4.74 Å². The van der Waals surface area contributed by atoms with Gasteiger partial charge in [-0.15, -0.1) is 0 Å². The highest BCUT2D eigenvalue weighted by Crippen LogP contribution is 2.14. The Bertz CT molecular complexity index is 297. The molecule has 0 spiro atoms. The molecular weight excluding hydrogens is 198 g/mol. The second-order valence-corrected chi connectivity index (χ2v) is 2.70. The Morgan fingerprint density at radius 3 is 2.85 bits per heavy atom. The molecule has 1 unspecified atom stereocenters. The van der Waals surface area contributed by atoms with E-state index in [4.69, 9.17) is 11.6 Å². The third-order valence-corrected chi connectivity index (χ3v) is 1.59. The van der Waals surface area contributed by atoms with Gasteiger partial charge in [0.2, 0.25) is 6.04 Å². The zero-order valence-corrected chi connectivity index (χ0v) is 7.23. The number of carbonyl (C=O) groups is 1. The van der Waals surface area contributed by atoms with E-state index in [1.807, 2.05) is 0 Å². The van der Waals surface area contributed by atoms with Crippen molar-refractivity contribution in [3.05, 3.63) is 34.1 Å². The number of hydrogen-bond donors (Lipinski definition) is 0. The summed E-state index contributed by atoms with van der Waals surface area (Å²) in [5, 5.41) is 10.3. The van der Waals surface area contributed by atoms with Crippen molar-refractivity contribution in [3.8, 4) is 0 Å². The van der Waals surface area contributed by atoms with Crippen LogP contribution in [0.1, 0.15) is 6.42 Å². The van der Waals surface area contributed by atoms with Crippen molar-refractivity contribution in [2.75, 3.05) is 0 Å². The smallest absolute Gasteiger partial charge is 0.409 e. The number of ether oxygens (including phenoxy) is 1. The van der Waals surface area contributed by atoms with Crippen molar-refractivity contribution in [3.63, 3.8) is 0 Å². The third-order valence-electron chi connectivity index (χ3n) is 1.51. The van der Waals surface area contributed by atoms with Crippen LogP contribution in [0.5, 0.6) is 0 Å². The molecule has 0 fully saturated rings. The van der Waals surface area contributed by atoms with Gasteiger partial charge in [-0.25, -0.2) is 4.79 Å². The van der Waals surface area contributed by atoms with Crippen LogP contribution < -0.4 is 0 Å². The Hall–Kier alpha value is -1.36. The molecule has 0 saturated carbocycles. The molecule has 1 rings (SSSR count). The topological polar surface area (TPSA) is 69.4 Å². The van der Waals surface area contributed by atoms with Gasteiger partial charge in [0.05, 0.1) is 0 Å². The molecular formula is C7H6ClNO4. The number of carbonyl (C=O) groups excluding carboxylic acids is 1. The maximum Gasteiger partial charge on any atom is 0.409 e. The second kappa shape index (κ2) is 4.04. The number of allylic oxidation sites excluding steroid dienone is 1. The van der Waals surface area contributed by atoms with Crippen LogP contribution >= 0.6 is 11.6 Å². The maximum absolute atomic E-state index is 10.3.